The second-order valence-corrected chi connectivity index (χ2v) is 9.41. The van der Waals surface area contributed by atoms with Crippen molar-refractivity contribution >= 4 is 13.3 Å². The molecule has 9 heteroatoms. The van der Waals surface area contributed by atoms with Crippen molar-refractivity contribution in [1.29, 1.82) is 0 Å². The van der Waals surface area contributed by atoms with Crippen molar-refractivity contribution in [2.45, 2.75) is 44.3 Å². The van der Waals surface area contributed by atoms with E-state index in [2.05, 4.69) is 4.90 Å². The van der Waals surface area contributed by atoms with E-state index in [1.807, 2.05) is 13.8 Å². The van der Waals surface area contributed by atoms with Gasteiger partial charge >= 0.3 is 7.60 Å². The molecule has 3 unspecified atom stereocenters. The summed E-state index contributed by atoms with van der Waals surface area (Å²) in [5.74, 6) is -0.109. The third-order valence-corrected chi connectivity index (χ3v) is 8.24. The molecule has 0 aliphatic carbocycles. The summed E-state index contributed by atoms with van der Waals surface area (Å²) in [5, 5.41) is 9.83. The van der Waals surface area contributed by atoms with Gasteiger partial charge in [-0.3, -0.25) is 19.6 Å². The summed E-state index contributed by atoms with van der Waals surface area (Å²) in [4.78, 5) is 12.7. The van der Waals surface area contributed by atoms with Crippen molar-refractivity contribution in [2.75, 3.05) is 20.8 Å². The van der Waals surface area contributed by atoms with Crippen molar-refractivity contribution in [2.24, 2.45) is 5.92 Å². The fraction of sp³-hybridized carbons (Fsp3) is 0.647. The van der Waals surface area contributed by atoms with Crippen LogP contribution >= 0.6 is 7.60 Å². The van der Waals surface area contributed by atoms with Gasteiger partial charge in [-0.05, 0) is 36.5 Å². The zero-order valence-corrected chi connectivity index (χ0v) is 16.3. The van der Waals surface area contributed by atoms with Crippen LogP contribution in [-0.4, -0.2) is 42.0 Å². The minimum atomic E-state index is -3.54. The lowest BCUT2D eigenvalue weighted by Crippen LogP contribution is -2.47. The maximum absolute atomic E-state index is 13.5. The van der Waals surface area contributed by atoms with Crippen LogP contribution in [0.3, 0.4) is 0 Å². The molecule has 2 saturated heterocycles. The molecule has 26 heavy (non-hydrogen) atoms. The number of non-ortho nitro benzene ring substituents is 1. The Bertz CT molecular complexity index is 716. The number of nitro groups is 1. The summed E-state index contributed by atoms with van der Waals surface area (Å²) in [5.41, 5.74) is 0.822. The Kier molecular flexibility index (Phi) is 5.25. The second-order valence-electron chi connectivity index (χ2n) is 6.98. The van der Waals surface area contributed by atoms with Gasteiger partial charge < -0.3 is 13.8 Å². The van der Waals surface area contributed by atoms with Crippen molar-refractivity contribution < 1.29 is 23.3 Å². The molecule has 144 valence electrons. The Hall–Kier alpha value is -1.31. The monoisotopic (exact) mass is 384 g/mol. The van der Waals surface area contributed by atoms with Crippen LogP contribution in [0.25, 0.3) is 0 Å². The van der Waals surface area contributed by atoms with Crippen LogP contribution in [-0.2, 0) is 18.3 Å². The van der Waals surface area contributed by atoms with Gasteiger partial charge in [0.2, 0.25) is 0 Å². The minimum Gasteiger partial charge on any atom is -0.338 e. The Labute approximate surface area is 153 Å². The number of hydrogen-bond acceptors (Lipinski definition) is 7. The second kappa shape index (κ2) is 7.02. The molecule has 2 aliphatic rings. The van der Waals surface area contributed by atoms with E-state index >= 15 is 0 Å². The van der Waals surface area contributed by atoms with Gasteiger partial charge in [0.1, 0.15) is 6.23 Å². The first-order valence-electron chi connectivity index (χ1n) is 8.70. The van der Waals surface area contributed by atoms with Crippen LogP contribution in [0.5, 0.6) is 0 Å². The number of ether oxygens (including phenoxy) is 1. The molecular weight excluding hydrogens is 359 g/mol. The zero-order chi connectivity index (χ0) is 19.1. The molecule has 0 aromatic heterocycles. The number of nitrogens with zero attached hydrogens (tertiary/aromatic N) is 2. The fourth-order valence-electron chi connectivity index (χ4n) is 4.30. The van der Waals surface area contributed by atoms with Gasteiger partial charge in [-0.15, -0.1) is 0 Å². The summed E-state index contributed by atoms with van der Waals surface area (Å²) in [6.45, 7) is 4.72. The van der Waals surface area contributed by atoms with E-state index in [0.717, 1.165) is 24.9 Å². The quantitative estimate of drug-likeness (QED) is 0.417. The largest absolute Gasteiger partial charge is 0.363 e. The highest BCUT2D eigenvalue weighted by molar-refractivity contribution is 7.55. The van der Waals surface area contributed by atoms with Crippen LogP contribution < -0.4 is 0 Å². The first-order valence-corrected chi connectivity index (χ1v) is 10.2. The van der Waals surface area contributed by atoms with Crippen LogP contribution in [0, 0.1) is 16.0 Å². The number of nitro benzene ring substituents is 1. The zero-order valence-electron chi connectivity index (χ0n) is 15.5. The van der Waals surface area contributed by atoms with E-state index in [1.54, 1.807) is 12.1 Å². The first-order chi connectivity index (χ1) is 12.3. The Morgan fingerprint density at radius 2 is 1.92 bits per heavy atom. The smallest absolute Gasteiger partial charge is 0.338 e. The molecule has 1 aromatic carbocycles. The highest BCUT2D eigenvalue weighted by atomic mass is 31.2. The molecule has 8 nitrogen and oxygen atoms in total. The topological polar surface area (TPSA) is 91.1 Å². The predicted octanol–water partition coefficient (Wildman–Crippen LogP) is 3.93. The van der Waals surface area contributed by atoms with E-state index in [0.29, 0.717) is 0 Å². The number of fused-ring (bicyclic) bond motifs is 1. The minimum absolute atomic E-state index is 0.0271. The van der Waals surface area contributed by atoms with Gasteiger partial charge in [0.05, 0.1) is 11.0 Å². The van der Waals surface area contributed by atoms with Crippen LogP contribution in [0.2, 0.25) is 0 Å². The van der Waals surface area contributed by atoms with Crippen LogP contribution in [0.15, 0.2) is 24.3 Å². The Morgan fingerprint density at radius 3 is 2.42 bits per heavy atom. The van der Waals surface area contributed by atoms with E-state index in [-0.39, 0.29) is 17.6 Å². The van der Waals surface area contributed by atoms with Gasteiger partial charge in [-0.25, -0.2) is 0 Å². The molecule has 2 aliphatic heterocycles. The molecule has 2 fully saturated rings. The maximum atomic E-state index is 13.5. The summed E-state index contributed by atoms with van der Waals surface area (Å²) >= 11 is 0. The lowest BCUT2D eigenvalue weighted by Gasteiger charge is -2.40. The van der Waals surface area contributed by atoms with Gasteiger partial charge in [-0.1, -0.05) is 13.8 Å². The number of benzene rings is 1. The SMILES string of the molecule is COP(=O)(OC)C1(C(C)C)OC(c2ccc([N+](=O)[O-])cc2)N2CCCC21. The van der Waals surface area contributed by atoms with Gasteiger partial charge in [0, 0.05) is 32.9 Å². The molecule has 0 bridgehead atoms. The molecule has 0 amide bonds. The summed E-state index contributed by atoms with van der Waals surface area (Å²) in [7, 11) is -0.771. The van der Waals surface area contributed by atoms with Crippen molar-refractivity contribution in [3.05, 3.63) is 39.9 Å². The molecule has 3 rings (SSSR count). The Balaban J connectivity index is 2.05. The Morgan fingerprint density at radius 1 is 1.31 bits per heavy atom. The predicted molar refractivity (Wildman–Crippen MR) is 95.8 cm³/mol. The molecule has 0 radical (unpaired) electrons. The van der Waals surface area contributed by atoms with Gasteiger partial charge in [0.15, 0.2) is 5.34 Å². The lowest BCUT2D eigenvalue weighted by molar-refractivity contribution is -0.384. The van der Waals surface area contributed by atoms with Crippen LogP contribution in [0.1, 0.15) is 38.5 Å². The van der Waals surface area contributed by atoms with Gasteiger partial charge in [-0.2, -0.15) is 0 Å². The highest BCUT2D eigenvalue weighted by Crippen LogP contribution is 2.70. The molecule has 0 saturated carbocycles. The van der Waals surface area contributed by atoms with E-state index < -0.39 is 24.1 Å². The first kappa shape index (κ1) is 19.5. The standard InChI is InChI=1S/C17H25N2O6P/c1-12(2)17(26(22,23-3)24-4)15-6-5-11-18(15)16(25-17)13-7-9-14(10-8-13)19(20)21/h7-10,12,15-16H,5-6,11H2,1-4H3. The molecule has 0 spiro atoms. The highest BCUT2D eigenvalue weighted by Gasteiger charge is 2.67. The molecular formula is C17H25N2O6P. The van der Waals surface area contributed by atoms with Crippen molar-refractivity contribution in [3.63, 3.8) is 0 Å². The average molecular weight is 384 g/mol. The molecule has 2 heterocycles. The van der Waals surface area contributed by atoms with Gasteiger partial charge in [0.25, 0.3) is 5.69 Å². The lowest BCUT2D eigenvalue weighted by atomic mass is 9.97. The summed E-state index contributed by atoms with van der Waals surface area (Å²) in [6, 6.07) is 6.21. The third kappa shape index (κ3) is 2.72. The third-order valence-electron chi connectivity index (χ3n) is 5.50. The molecule has 0 N–H and O–H groups in total. The maximum Gasteiger partial charge on any atom is 0.363 e. The fourth-order valence-corrected chi connectivity index (χ4v) is 6.53. The summed E-state index contributed by atoms with van der Waals surface area (Å²) in [6.07, 6.45) is 1.35. The van der Waals surface area contributed by atoms with E-state index in [4.69, 9.17) is 13.8 Å². The van der Waals surface area contributed by atoms with Crippen molar-refractivity contribution in [1.82, 2.24) is 4.90 Å². The molecule has 3 atom stereocenters. The summed E-state index contributed by atoms with van der Waals surface area (Å²) < 4.78 is 30.7. The average Bonchev–Trinajstić information content (AvgIpc) is 3.22. The van der Waals surface area contributed by atoms with E-state index in [1.165, 1.54) is 26.4 Å². The van der Waals surface area contributed by atoms with Crippen molar-refractivity contribution in [3.8, 4) is 0 Å². The normalized spacial score (nSPS) is 29.3. The molecule has 1 aromatic rings. The number of rotatable bonds is 6. The van der Waals surface area contributed by atoms with E-state index in [9.17, 15) is 14.7 Å². The number of hydrogen-bond donors (Lipinski definition) is 0. The van der Waals surface area contributed by atoms with Crippen LogP contribution in [0.4, 0.5) is 5.69 Å².